The molecule has 0 fully saturated rings. The van der Waals surface area contributed by atoms with Crippen LogP contribution in [0, 0.1) is 11.8 Å². The maximum atomic E-state index is 11.9. The largest absolute Gasteiger partial charge is 0.291 e. The van der Waals surface area contributed by atoms with Gasteiger partial charge in [-0.3, -0.25) is 9.78 Å². The monoisotopic (exact) mass is 209 g/mol. The van der Waals surface area contributed by atoms with Gasteiger partial charge in [-0.25, -0.2) is 0 Å². The number of carbonyl (C=O) groups is 1. The Kier molecular flexibility index (Phi) is 2.98. The molecule has 0 amide bonds. The smallest absolute Gasteiger partial charge is 0.193 e. The number of benzene rings is 1. The first-order chi connectivity index (χ1) is 7.83. The highest BCUT2D eigenvalue weighted by atomic mass is 16.1. The summed E-state index contributed by atoms with van der Waals surface area (Å²) in [6.07, 6.45) is 1.90. The summed E-state index contributed by atoms with van der Waals surface area (Å²) in [6.45, 7) is 1.73. The average molecular weight is 209 g/mol. The van der Waals surface area contributed by atoms with Crippen LogP contribution in [-0.2, 0) is 0 Å². The molecule has 0 atom stereocenters. The van der Waals surface area contributed by atoms with E-state index in [0.29, 0.717) is 5.69 Å². The SMILES string of the molecule is CC#CCC(=O)c1nccc2ccccc12. The van der Waals surface area contributed by atoms with Gasteiger partial charge in [0.1, 0.15) is 5.69 Å². The second-order valence-corrected chi connectivity index (χ2v) is 3.41. The van der Waals surface area contributed by atoms with Gasteiger partial charge in [0.2, 0.25) is 0 Å². The molecule has 0 radical (unpaired) electrons. The summed E-state index contributed by atoms with van der Waals surface area (Å²) in [5.74, 6) is 5.47. The molecule has 16 heavy (non-hydrogen) atoms. The van der Waals surface area contributed by atoms with Crippen molar-refractivity contribution in [1.29, 1.82) is 0 Å². The molecule has 78 valence electrons. The Morgan fingerprint density at radius 1 is 1.31 bits per heavy atom. The van der Waals surface area contributed by atoms with Crippen LogP contribution in [0.5, 0.6) is 0 Å². The normalized spacial score (nSPS) is 9.56. The third kappa shape index (κ3) is 1.94. The van der Waals surface area contributed by atoms with E-state index in [9.17, 15) is 4.79 Å². The van der Waals surface area contributed by atoms with Crippen molar-refractivity contribution in [2.75, 3.05) is 0 Å². The van der Waals surface area contributed by atoms with Gasteiger partial charge in [-0.15, -0.1) is 5.92 Å². The first kappa shape index (κ1) is 10.4. The predicted molar refractivity (Wildman–Crippen MR) is 64.1 cm³/mol. The first-order valence-corrected chi connectivity index (χ1v) is 5.09. The van der Waals surface area contributed by atoms with E-state index in [1.165, 1.54) is 0 Å². The average Bonchev–Trinajstić information content (AvgIpc) is 2.35. The van der Waals surface area contributed by atoms with E-state index >= 15 is 0 Å². The highest BCUT2D eigenvalue weighted by molar-refractivity contribution is 6.07. The van der Waals surface area contributed by atoms with Crippen LogP contribution >= 0.6 is 0 Å². The van der Waals surface area contributed by atoms with Crippen molar-refractivity contribution in [2.45, 2.75) is 13.3 Å². The number of nitrogens with zero attached hydrogens (tertiary/aromatic N) is 1. The van der Waals surface area contributed by atoms with E-state index in [1.54, 1.807) is 13.1 Å². The molecule has 0 unspecified atom stereocenters. The highest BCUT2D eigenvalue weighted by Crippen LogP contribution is 2.17. The highest BCUT2D eigenvalue weighted by Gasteiger charge is 2.09. The Bertz CT molecular complexity index is 585. The van der Waals surface area contributed by atoms with Crippen LogP contribution in [-0.4, -0.2) is 10.8 Å². The Hall–Kier alpha value is -2.14. The van der Waals surface area contributed by atoms with Crippen molar-refractivity contribution in [1.82, 2.24) is 4.98 Å². The Balaban J connectivity index is 2.50. The molecule has 2 aromatic rings. The number of carbonyl (C=O) groups excluding carboxylic acids is 1. The van der Waals surface area contributed by atoms with Crippen LogP contribution in [0.25, 0.3) is 10.8 Å². The molecule has 2 nitrogen and oxygen atoms in total. The minimum atomic E-state index is -0.0221. The molecule has 0 N–H and O–H groups in total. The van der Waals surface area contributed by atoms with Gasteiger partial charge in [-0.1, -0.05) is 30.2 Å². The maximum Gasteiger partial charge on any atom is 0.193 e. The summed E-state index contributed by atoms with van der Waals surface area (Å²) >= 11 is 0. The van der Waals surface area contributed by atoms with E-state index in [2.05, 4.69) is 16.8 Å². The van der Waals surface area contributed by atoms with Gasteiger partial charge in [0.05, 0.1) is 6.42 Å². The maximum absolute atomic E-state index is 11.9. The number of hydrogen-bond donors (Lipinski definition) is 0. The fraction of sp³-hybridized carbons (Fsp3) is 0.143. The van der Waals surface area contributed by atoms with E-state index in [0.717, 1.165) is 10.8 Å². The van der Waals surface area contributed by atoms with Crippen molar-refractivity contribution in [3.05, 3.63) is 42.2 Å². The lowest BCUT2D eigenvalue weighted by Gasteiger charge is -2.02. The molecule has 2 heteroatoms. The first-order valence-electron chi connectivity index (χ1n) is 5.09. The molecular weight excluding hydrogens is 198 g/mol. The lowest BCUT2D eigenvalue weighted by atomic mass is 10.1. The van der Waals surface area contributed by atoms with Crippen LogP contribution in [0.2, 0.25) is 0 Å². The van der Waals surface area contributed by atoms with Gasteiger partial charge in [0.25, 0.3) is 0 Å². The summed E-state index contributed by atoms with van der Waals surface area (Å²) in [6, 6.07) is 9.64. The molecule has 0 aliphatic carbocycles. The quantitative estimate of drug-likeness (QED) is 0.562. The number of ketones is 1. The molecule has 1 aromatic heterocycles. The van der Waals surface area contributed by atoms with E-state index in [-0.39, 0.29) is 12.2 Å². The van der Waals surface area contributed by atoms with Gasteiger partial charge in [-0.2, -0.15) is 0 Å². The topological polar surface area (TPSA) is 30.0 Å². The summed E-state index contributed by atoms with van der Waals surface area (Å²) in [5, 5.41) is 1.93. The zero-order chi connectivity index (χ0) is 11.4. The third-order valence-corrected chi connectivity index (χ3v) is 2.36. The van der Waals surface area contributed by atoms with Gasteiger partial charge in [-0.05, 0) is 18.4 Å². The predicted octanol–water partition coefficient (Wildman–Crippen LogP) is 2.83. The number of pyridine rings is 1. The van der Waals surface area contributed by atoms with Crippen molar-refractivity contribution in [3.8, 4) is 11.8 Å². The van der Waals surface area contributed by atoms with Crippen LogP contribution in [0.4, 0.5) is 0 Å². The second-order valence-electron chi connectivity index (χ2n) is 3.41. The van der Waals surface area contributed by atoms with E-state index < -0.39 is 0 Å². The summed E-state index contributed by atoms with van der Waals surface area (Å²) in [4.78, 5) is 16.0. The van der Waals surface area contributed by atoms with Crippen LogP contribution in [0.3, 0.4) is 0 Å². The number of Topliss-reactive ketones (excluding diaryl/α,β-unsaturated/α-hetero) is 1. The van der Waals surface area contributed by atoms with Crippen molar-refractivity contribution in [3.63, 3.8) is 0 Å². The van der Waals surface area contributed by atoms with Gasteiger partial charge >= 0.3 is 0 Å². The lowest BCUT2D eigenvalue weighted by Crippen LogP contribution is -2.01. The van der Waals surface area contributed by atoms with Crippen LogP contribution in [0.1, 0.15) is 23.8 Å². The molecule has 0 aliphatic rings. The van der Waals surface area contributed by atoms with Crippen LogP contribution in [0.15, 0.2) is 36.5 Å². The van der Waals surface area contributed by atoms with Gasteiger partial charge < -0.3 is 0 Å². The lowest BCUT2D eigenvalue weighted by molar-refractivity contribution is 0.0995. The zero-order valence-corrected chi connectivity index (χ0v) is 9.03. The molecule has 1 aromatic carbocycles. The van der Waals surface area contributed by atoms with Gasteiger partial charge in [0.15, 0.2) is 5.78 Å². The van der Waals surface area contributed by atoms with Crippen molar-refractivity contribution >= 4 is 16.6 Å². The Morgan fingerprint density at radius 2 is 2.12 bits per heavy atom. The number of hydrogen-bond acceptors (Lipinski definition) is 2. The van der Waals surface area contributed by atoms with E-state index in [4.69, 9.17) is 0 Å². The molecule has 0 aliphatic heterocycles. The third-order valence-electron chi connectivity index (χ3n) is 2.36. The molecule has 0 saturated heterocycles. The molecule has 1 heterocycles. The van der Waals surface area contributed by atoms with Crippen molar-refractivity contribution in [2.24, 2.45) is 0 Å². The molecule has 0 saturated carbocycles. The number of fused-ring (bicyclic) bond motifs is 1. The molecule has 0 spiro atoms. The van der Waals surface area contributed by atoms with Crippen molar-refractivity contribution < 1.29 is 4.79 Å². The summed E-state index contributed by atoms with van der Waals surface area (Å²) in [5.41, 5.74) is 0.515. The zero-order valence-electron chi connectivity index (χ0n) is 9.03. The van der Waals surface area contributed by atoms with E-state index in [1.807, 2.05) is 30.3 Å². The minimum absolute atomic E-state index is 0.0221. The molecule has 0 bridgehead atoms. The summed E-state index contributed by atoms with van der Waals surface area (Å²) < 4.78 is 0. The Morgan fingerprint density at radius 3 is 2.94 bits per heavy atom. The minimum Gasteiger partial charge on any atom is -0.291 e. The van der Waals surface area contributed by atoms with Crippen LogP contribution < -0.4 is 0 Å². The fourth-order valence-electron chi connectivity index (χ4n) is 1.59. The number of rotatable bonds is 2. The number of aromatic nitrogens is 1. The Labute approximate surface area is 94.3 Å². The standard InChI is InChI=1S/C14H11NO/c1-2-3-8-13(16)14-12-7-5-4-6-11(12)9-10-15-14/h4-7,9-10H,8H2,1H3. The second kappa shape index (κ2) is 4.59. The fourth-order valence-corrected chi connectivity index (χ4v) is 1.59. The molecular formula is C14H11NO. The van der Waals surface area contributed by atoms with Gasteiger partial charge in [0, 0.05) is 11.6 Å². The molecule has 2 rings (SSSR count). The summed E-state index contributed by atoms with van der Waals surface area (Å²) in [7, 11) is 0.